The smallest absolute Gasteiger partial charge is 0.246 e. The van der Waals surface area contributed by atoms with E-state index in [1.165, 1.54) is 21.2 Å². The summed E-state index contributed by atoms with van der Waals surface area (Å²) in [6, 6.07) is 5.07. The molecule has 0 heterocycles. The van der Waals surface area contributed by atoms with Crippen LogP contribution in [0.4, 0.5) is 0 Å². The van der Waals surface area contributed by atoms with E-state index < -0.39 is 10.0 Å². The maximum Gasteiger partial charge on any atom is 0.246 e. The highest BCUT2D eigenvalue weighted by Gasteiger charge is 2.26. The molecule has 0 bridgehead atoms. The summed E-state index contributed by atoms with van der Waals surface area (Å²) in [5.41, 5.74) is 0.891. The maximum atomic E-state index is 12.6. The SMILES string of the molecule is CNC(=O)CN(C)S(=O)(=O)c1cc(C(C)C)ccc1OC. The zero-order chi connectivity index (χ0) is 16.2. The highest BCUT2D eigenvalue weighted by Crippen LogP contribution is 2.29. The van der Waals surface area contributed by atoms with E-state index in [0.29, 0.717) is 0 Å². The average molecular weight is 314 g/mol. The number of hydrogen-bond acceptors (Lipinski definition) is 4. The average Bonchev–Trinajstić information content (AvgIpc) is 2.45. The topological polar surface area (TPSA) is 75.7 Å². The Balaban J connectivity index is 3.28. The third kappa shape index (κ3) is 3.95. The van der Waals surface area contributed by atoms with Crippen LogP contribution in [0.25, 0.3) is 0 Å². The van der Waals surface area contributed by atoms with Gasteiger partial charge in [-0.3, -0.25) is 4.79 Å². The predicted octanol–water partition coefficient (Wildman–Crippen LogP) is 1.19. The lowest BCUT2D eigenvalue weighted by atomic mass is 10.0. The van der Waals surface area contributed by atoms with Crippen molar-refractivity contribution >= 4 is 15.9 Å². The van der Waals surface area contributed by atoms with Crippen LogP contribution in [0.5, 0.6) is 5.75 Å². The number of nitrogens with zero attached hydrogens (tertiary/aromatic N) is 1. The molecule has 6 nitrogen and oxygen atoms in total. The van der Waals surface area contributed by atoms with Crippen LogP contribution in [0.3, 0.4) is 0 Å². The number of benzene rings is 1. The zero-order valence-corrected chi connectivity index (χ0v) is 13.8. The summed E-state index contributed by atoms with van der Waals surface area (Å²) in [4.78, 5) is 11.5. The zero-order valence-electron chi connectivity index (χ0n) is 13.0. The summed E-state index contributed by atoms with van der Waals surface area (Å²) in [6.07, 6.45) is 0. The van der Waals surface area contributed by atoms with Crippen LogP contribution < -0.4 is 10.1 Å². The van der Waals surface area contributed by atoms with E-state index in [2.05, 4.69) is 5.32 Å². The second kappa shape index (κ2) is 6.91. The molecule has 0 unspecified atom stereocenters. The summed E-state index contributed by atoms with van der Waals surface area (Å²) in [5, 5.41) is 2.40. The van der Waals surface area contributed by atoms with Gasteiger partial charge < -0.3 is 10.1 Å². The fourth-order valence-corrected chi connectivity index (χ4v) is 3.10. The molecule has 1 aromatic rings. The Kier molecular flexibility index (Phi) is 5.74. The molecule has 0 atom stereocenters. The van der Waals surface area contributed by atoms with Crippen LogP contribution in [-0.2, 0) is 14.8 Å². The molecular weight excluding hydrogens is 292 g/mol. The molecular formula is C14H22N2O4S. The summed E-state index contributed by atoms with van der Waals surface area (Å²) >= 11 is 0. The van der Waals surface area contributed by atoms with Crippen molar-refractivity contribution in [3.8, 4) is 5.75 Å². The quantitative estimate of drug-likeness (QED) is 0.855. The molecule has 0 aliphatic rings. The summed E-state index contributed by atoms with van der Waals surface area (Å²) < 4.78 is 31.4. The molecule has 0 aliphatic carbocycles. The van der Waals surface area contributed by atoms with Crippen LogP contribution in [0, 0.1) is 0 Å². The number of amides is 1. The number of ether oxygens (including phenoxy) is 1. The second-order valence-electron chi connectivity index (χ2n) is 5.00. The minimum absolute atomic E-state index is 0.0719. The number of hydrogen-bond donors (Lipinski definition) is 1. The summed E-state index contributed by atoms with van der Waals surface area (Å²) in [5.74, 6) is 0.0808. The number of rotatable bonds is 6. The molecule has 0 saturated carbocycles. The van der Waals surface area contributed by atoms with Gasteiger partial charge in [-0.25, -0.2) is 8.42 Å². The van der Waals surface area contributed by atoms with Gasteiger partial charge in [-0.1, -0.05) is 19.9 Å². The number of sulfonamides is 1. The number of carbonyl (C=O) groups is 1. The lowest BCUT2D eigenvalue weighted by Crippen LogP contribution is -2.37. The first-order valence-electron chi connectivity index (χ1n) is 6.58. The predicted molar refractivity (Wildman–Crippen MR) is 81.0 cm³/mol. The summed E-state index contributed by atoms with van der Waals surface area (Å²) in [7, 11) is 0.452. The molecule has 0 spiro atoms. The molecule has 1 amide bonds. The number of carbonyl (C=O) groups excluding carboxylic acids is 1. The van der Waals surface area contributed by atoms with E-state index in [9.17, 15) is 13.2 Å². The molecule has 0 aliphatic heterocycles. The van der Waals surface area contributed by atoms with Crippen molar-refractivity contribution in [2.75, 3.05) is 27.7 Å². The van der Waals surface area contributed by atoms with E-state index in [1.54, 1.807) is 12.1 Å². The molecule has 1 N–H and O–H groups in total. The third-order valence-corrected chi connectivity index (χ3v) is 5.01. The minimum Gasteiger partial charge on any atom is -0.495 e. The van der Waals surface area contributed by atoms with Gasteiger partial charge in [0.05, 0.1) is 13.7 Å². The molecule has 7 heteroatoms. The van der Waals surface area contributed by atoms with Gasteiger partial charge in [0.15, 0.2) is 0 Å². The van der Waals surface area contributed by atoms with Crippen molar-refractivity contribution in [1.29, 1.82) is 0 Å². The molecule has 0 aromatic heterocycles. The van der Waals surface area contributed by atoms with Crippen molar-refractivity contribution in [1.82, 2.24) is 9.62 Å². The third-order valence-electron chi connectivity index (χ3n) is 3.19. The van der Waals surface area contributed by atoms with E-state index in [-0.39, 0.29) is 29.0 Å². The standard InChI is InChI=1S/C14H22N2O4S/c1-10(2)11-6-7-12(20-5)13(8-11)21(18,19)16(4)9-14(17)15-3/h6-8,10H,9H2,1-5H3,(H,15,17). The van der Waals surface area contributed by atoms with Gasteiger partial charge in [-0.15, -0.1) is 0 Å². The fraction of sp³-hybridized carbons (Fsp3) is 0.500. The Labute approximate surface area is 126 Å². The highest BCUT2D eigenvalue weighted by molar-refractivity contribution is 7.89. The number of likely N-dealkylation sites (N-methyl/N-ethyl adjacent to an activating group) is 2. The van der Waals surface area contributed by atoms with E-state index in [4.69, 9.17) is 4.74 Å². The molecule has 0 saturated heterocycles. The Bertz CT molecular complexity index is 611. The second-order valence-corrected chi connectivity index (χ2v) is 7.01. The molecule has 1 aromatic carbocycles. The number of methoxy groups -OCH3 is 1. The first kappa shape index (κ1) is 17.5. The van der Waals surface area contributed by atoms with Crippen LogP contribution in [0.15, 0.2) is 23.1 Å². The Morgan fingerprint density at radius 1 is 1.38 bits per heavy atom. The van der Waals surface area contributed by atoms with Crippen LogP contribution in [0.2, 0.25) is 0 Å². The van der Waals surface area contributed by atoms with Gasteiger partial charge in [0.25, 0.3) is 0 Å². The first-order valence-corrected chi connectivity index (χ1v) is 8.02. The highest BCUT2D eigenvalue weighted by atomic mass is 32.2. The molecule has 118 valence electrons. The van der Waals surface area contributed by atoms with Gasteiger partial charge in [-0.05, 0) is 23.6 Å². The Morgan fingerprint density at radius 2 is 2.00 bits per heavy atom. The van der Waals surface area contributed by atoms with Gasteiger partial charge in [-0.2, -0.15) is 4.31 Å². The van der Waals surface area contributed by atoms with E-state index in [1.807, 2.05) is 19.9 Å². The van der Waals surface area contributed by atoms with Gasteiger partial charge in [0, 0.05) is 14.1 Å². The van der Waals surface area contributed by atoms with Gasteiger partial charge in [0.2, 0.25) is 15.9 Å². The van der Waals surface area contributed by atoms with Crippen LogP contribution in [-0.4, -0.2) is 46.4 Å². The molecule has 0 radical (unpaired) electrons. The van der Waals surface area contributed by atoms with Crippen molar-refractivity contribution in [3.63, 3.8) is 0 Å². The van der Waals surface area contributed by atoms with Gasteiger partial charge >= 0.3 is 0 Å². The maximum absolute atomic E-state index is 12.6. The lowest BCUT2D eigenvalue weighted by Gasteiger charge is -2.19. The van der Waals surface area contributed by atoms with Crippen LogP contribution >= 0.6 is 0 Å². The van der Waals surface area contributed by atoms with Crippen LogP contribution in [0.1, 0.15) is 25.3 Å². The minimum atomic E-state index is -3.80. The molecule has 1 rings (SSSR count). The first-order chi connectivity index (χ1) is 9.73. The normalized spacial score (nSPS) is 11.8. The Morgan fingerprint density at radius 3 is 2.48 bits per heavy atom. The van der Waals surface area contributed by atoms with Gasteiger partial charge in [0.1, 0.15) is 10.6 Å². The van der Waals surface area contributed by atoms with Crippen molar-refractivity contribution in [3.05, 3.63) is 23.8 Å². The van der Waals surface area contributed by atoms with Crippen molar-refractivity contribution < 1.29 is 17.9 Å². The van der Waals surface area contributed by atoms with Crippen molar-refractivity contribution in [2.24, 2.45) is 0 Å². The molecule has 21 heavy (non-hydrogen) atoms. The molecule has 0 fully saturated rings. The van der Waals surface area contributed by atoms with Crippen molar-refractivity contribution in [2.45, 2.75) is 24.7 Å². The Hall–Kier alpha value is -1.60. The lowest BCUT2D eigenvalue weighted by molar-refractivity contribution is -0.120. The van der Waals surface area contributed by atoms with E-state index >= 15 is 0 Å². The fourth-order valence-electron chi connectivity index (χ4n) is 1.79. The largest absolute Gasteiger partial charge is 0.495 e. The number of nitrogens with one attached hydrogen (secondary N) is 1. The summed E-state index contributed by atoms with van der Waals surface area (Å²) in [6.45, 7) is 3.72. The van der Waals surface area contributed by atoms with E-state index in [0.717, 1.165) is 9.87 Å². The monoisotopic (exact) mass is 314 g/mol.